The maximum absolute atomic E-state index is 9.68. The first-order valence-corrected chi connectivity index (χ1v) is 12.1. The Kier molecular flexibility index (Phi) is 7.15. The number of methoxy groups -OCH3 is 1. The van der Waals surface area contributed by atoms with Gasteiger partial charge in [-0.25, -0.2) is 0 Å². The Bertz CT molecular complexity index is 1250. The highest BCUT2D eigenvalue weighted by molar-refractivity contribution is 5.48. The van der Waals surface area contributed by atoms with Crippen LogP contribution >= 0.6 is 0 Å². The molecule has 0 radical (unpaired) electrons. The quantitative estimate of drug-likeness (QED) is 0.414. The van der Waals surface area contributed by atoms with E-state index in [-0.39, 0.29) is 12.6 Å². The molecule has 4 aromatic rings. The minimum absolute atomic E-state index is 0.149. The standard InChI is InChI=1S/C29H28N4O3/c1-34-24-12-14-25(15-13-24)35-21-27-31-26(20-30)29(36-27)33-18-16-32(17-19-33)28(22-8-4-2-5-9-22)23-10-6-3-7-11-23/h2-15,28H,16-19,21H2,1H3/p+1. The lowest BCUT2D eigenvalue weighted by molar-refractivity contribution is -0.926. The average Bonchev–Trinajstić information content (AvgIpc) is 3.37. The largest absolute Gasteiger partial charge is 0.497 e. The fourth-order valence-electron chi connectivity index (χ4n) is 4.76. The summed E-state index contributed by atoms with van der Waals surface area (Å²) in [7, 11) is 1.62. The third-order valence-corrected chi connectivity index (χ3v) is 6.55. The zero-order valence-corrected chi connectivity index (χ0v) is 20.3. The molecule has 36 heavy (non-hydrogen) atoms. The van der Waals surface area contributed by atoms with Crippen LogP contribution in [-0.2, 0) is 6.61 Å². The Balaban J connectivity index is 1.27. The normalized spacial score (nSPS) is 14.0. The summed E-state index contributed by atoms with van der Waals surface area (Å²) < 4.78 is 17.0. The van der Waals surface area contributed by atoms with Gasteiger partial charge in [0.25, 0.3) is 0 Å². The number of nitriles is 1. The van der Waals surface area contributed by atoms with E-state index in [4.69, 9.17) is 13.9 Å². The highest BCUT2D eigenvalue weighted by Crippen LogP contribution is 2.25. The zero-order valence-electron chi connectivity index (χ0n) is 20.3. The second-order valence-electron chi connectivity index (χ2n) is 8.74. The van der Waals surface area contributed by atoms with Gasteiger partial charge in [0.15, 0.2) is 6.61 Å². The van der Waals surface area contributed by atoms with Gasteiger partial charge in [0.05, 0.1) is 33.3 Å². The van der Waals surface area contributed by atoms with E-state index in [0.717, 1.165) is 31.9 Å². The molecule has 1 aromatic heterocycles. The lowest BCUT2D eigenvalue weighted by Gasteiger charge is -2.36. The van der Waals surface area contributed by atoms with Crippen molar-refractivity contribution >= 4 is 5.88 Å². The molecule has 0 spiro atoms. The van der Waals surface area contributed by atoms with E-state index in [0.29, 0.717) is 23.2 Å². The minimum atomic E-state index is 0.149. The number of aromatic nitrogens is 1. The monoisotopic (exact) mass is 481 g/mol. The maximum Gasteiger partial charge on any atom is 0.236 e. The topological polar surface area (TPSA) is 76.0 Å². The molecule has 1 saturated heterocycles. The van der Waals surface area contributed by atoms with Gasteiger partial charge in [0, 0.05) is 11.1 Å². The molecule has 0 bridgehead atoms. The van der Waals surface area contributed by atoms with Crippen molar-refractivity contribution in [2.75, 3.05) is 38.2 Å². The van der Waals surface area contributed by atoms with Crippen molar-refractivity contribution in [3.8, 4) is 17.6 Å². The van der Waals surface area contributed by atoms with Gasteiger partial charge < -0.3 is 23.7 Å². The number of oxazole rings is 1. The predicted molar refractivity (Wildman–Crippen MR) is 136 cm³/mol. The van der Waals surface area contributed by atoms with Crippen LogP contribution in [0.25, 0.3) is 0 Å². The van der Waals surface area contributed by atoms with E-state index in [1.807, 2.05) is 24.3 Å². The van der Waals surface area contributed by atoms with Gasteiger partial charge in [-0.2, -0.15) is 10.2 Å². The van der Waals surface area contributed by atoms with Gasteiger partial charge in [-0.1, -0.05) is 60.7 Å². The van der Waals surface area contributed by atoms with Crippen LogP contribution in [-0.4, -0.2) is 38.3 Å². The number of benzene rings is 3. The highest BCUT2D eigenvalue weighted by atomic mass is 16.5. The minimum Gasteiger partial charge on any atom is -0.497 e. The first-order valence-electron chi connectivity index (χ1n) is 12.1. The Morgan fingerprint density at radius 2 is 1.50 bits per heavy atom. The number of anilines is 1. The van der Waals surface area contributed by atoms with Crippen LogP contribution in [0.5, 0.6) is 11.5 Å². The zero-order chi connectivity index (χ0) is 24.7. The molecule has 5 rings (SSSR count). The Hall–Kier alpha value is -4.28. The number of nitrogens with zero attached hydrogens (tertiary/aromatic N) is 3. The van der Waals surface area contributed by atoms with Crippen molar-refractivity contribution in [2.45, 2.75) is 12.6 Å². The van der Waals surface area contributed by atoms with Gasteiger partial charge in [-0.05, 0) is 24.3 Å². The van der Waals surface area contributed by atoms with Crippen LogP contribution in [0.1, 0.15) is 28.8 Å². The summed E-state index contributed by atoms with van der Waals surface area (Å²) in [5, 5.41) is 9.68. The molecule has 1 aliphatic rings. The number of ether oxygens (including phenoxy) is 2. The third kappa shape index (κ3) is 5.19. The maximum atomic E-state index is 9.68. The summed E-state index contributed by atoms with van der Waals surface area (Å²) in [5.74, 6) is 2.36. The lowest BCUT2D eigenvalue weighted by Crippen LogP contribution is -3.15. The van der Waals surface area contributed by atoms with Gasteiger partial charge in [0.2, 0.25) is 17.5 Å². The molecule has 0 atom stereocenters. The molecule has 7 heteroatoms. The van der Waals surface area contributed by atoms with E-state index in [2.05, 4.69) is 76.6 Å². The Labute approximate surface area is 211 Å². The van der Waals surface area contributed by atoms with E-state index < -0.39 is 0 Å². The predicted octanol–water partition coefficient (Wildman–Crippen LogP) is 3.63. The van der Waals surface area contributed by atoms with Crippen molar-refractivity contribution in [2.24, 2.45) is 0 Å². The molecule has 182 valence electrons. The summed E-state index contributed by atoms with van der Waals surface area (Å²) in [6.45, 7) is 3.52. The lowest BCUT2D eigenvalue weighted by atomic mass is 9.96. The van der Waals surface area contributed by atoms with Crippen molar-refractivity contribution in [3.63, 3.8) is 0 Å². The van der Waals surface area contributed by atoms with Crippen LogP contribution in [0, 0.1) is 11.3 Å². The fraction of sp³-hybridized carbons (Fsp3) is 0.241. The molecule has 1 aliphatic heterocycles. The Morgan fingerprint density at radius 3 is 2.06 bits per heavy atom. The van der Waals surface area contributed by atoms with Crippen molar-refractivity contribution in [3.05, 3.63) is 108 Å². The van der Waals surface area contributed by atoms with Crippen molar-refractivity contribution < 1.29 is 18.8 Å². The summed E-state index contributed by atoms with van der Waals surface area (Å²) in [6, 6.07) is 31.1. The molecule has 1 N–H and O–H groups in total. The van der Waals surface area contributed by atoms with Crippen molar-refractivity contribution in [1.82, 2.24) is 4.98 Å². The number of hydrogen-bond donors (Lipinski definition) is 1. The van der Waals surface area contributed by atoms with Crippen LogP contribution in [0.3, 0.4) is 0 Å². The first-order chi connectivity index (χ1) is 17.7. The van der Waals surface area contributed by atoms with E-state index in [1.165, 1.54) is 16.0 Å². The number of nitrogens with one attached hydrogen (secondary N) is 1. The average molecular weight is 482 g/mol. The molecule has 0 aliphatic carbocycles. The second-order valence-corrected chi connectivity index (χ2v) is 8.74. The molecule has 0 saturated carbocycles. The van der Waals surface area contributed by atoms with Gasteiger partial charge in [-0.3, -0.25) is 0 Å². The molecular formula is C29H29N4O3+. The van der Waals surface area contributed by atoms with E-state index in [1.54, 1.807) is 7.11 Å². The molecular weight excluding hydrogens is 452 g/mol. The van der Waals surface area contributed by atoms with Crippen LogP contribution in [0.15, 0.2) is 89.3 Å². The summed E-state index contributed by atoms with van der Waals surface area (Å²) in [5.41, 5.74) is 2.92. The summed E-state index contributed by atoms with van der Waals surface area (Å²) in [6.07, 6.45) is 0. The molecule has 7 nitrogen and oxygen atoms in total. The molecule has 0 amide bonds. The molecule has 1 fully saturated rings. The van der Waals surface area contributed by atoms with Crippen LogP contribution in [0.2, 0.25) is 0 Å². The van der Waals surface area contributed by atoms with Gasteiger partial charge in [0.1, 0.15) is 23.6 Å². The molecule has 3 aromatic carbocycles. The second kappa shape index (κ2) is 11.0. The first kappa shape index (κ1) is 23.5. The van der Waals surface area contributed by atoms with Crippen LogP contribution in [0.4, 0.5) is 5.88 Å². The molecule has 2 heterocycles. The van der Waals surface area contributed by atoms with Gasteiger partial charge >= 0.3 is 0 Å². The third-order valence-electron chi connectivity index (χ3n) is 6.55. The Morgan fingerprint density at radius 1 is 0.917 bits per heavy atom. The summed E-state index contributed by atoms with van der Waals surface area (Å²) >= 11 is 0. The van der Waals surface area contributed by atoms with Crippen molar-refractivity contribution in [1.29, 1.82) is 5.26 Å². The highest BCUT2D eigenvalue weighted by Gasteiger charge is 2.32. The smallest absolute Gasteiger partial charge is 0.236 e. The number of piperazine rings is 1. The number of rotatable bonds is 8. The molecule has 0 unspecified atom stereocenters. The SMILES string of the molecule is COc1ccc(OCc2nc(C#N)c(N3CC[NH+](C(c4ccccc4)c4ccccc4)CC3)o2)cc1. The fourth-order valence-corrected chi connectivity index (χ4v) is 4.76. The van der Waals surface area contributed by atoms with Crippen LogP contribution < -0.4 is 19.3 Å². The number of hydrogen-bond acceptors (Lipinski definition) is 6. The van der Waals surface area contributed by atoms with E-state index in [9.17, 15) is 5.26 Å². The van der Waals surface area contributed by atoms with Gasteiger partial charge in [-0.15, -0.1) is 0 Å². The van der Waals surface area contributed by atoms with E-state index >= 15 is 0 Å². The summed E-state index contributed by atoms with van der Waals surface area (Å²) in [4.78, 5) is 7.99. The number of quaternary nitrogens is 1.